The average molecular weight is 501 g/mol. The Labute approximate surface area is 218 Å². The molecule has 202 valence electrons. The summed E-state index contributed by atoms with van der Waals surface area (Å²) in [6, 6.07) is 8.12. The summed E-state index contributed by atoms with van der Waals surface area (Å²) in [5.74, 6) is -0.792. The van der Waals surface area contributed by atoms with Crippen LogP contribution >= 0.6 is 0 Å². The van der Waals surface area contributed by atoms with Crippen LogP contribution < -0.4 is 4.90 Å². The fraction of sp³-hybridized carbons (Fsp3) is 0.667. The number of hydrogen-bond donors (Lipinski definition) is 2. The van der Waals surface area contributed by atoms with Crippen molar-refractivity contribution in [1.82, 2.24) is 0 Å². The topological polar surface area (TPSA) is 82.4 Å². The van der Waals surface area contributed by atoms with E-state index in [0.717, 1.165) is 24.1 Å². The van der Waals surface area contributed by atoms with E-state index in [-0.39, 0.29) is 11.3 Å². The number of aliphatic imine (C=N–C) groups is 1. The molecule has 6 nitrogen and oxygen atoms in total. The zero-order valence-corrected chi connectivity index (χ0v) is 22.8. The third kappa shape index (κ3) is 10.3. The summed E-state index contributed by atoms with van der Waals surface area (Å²) in [6.45, 7) is 2.25. The van der Waals surface area contributed by atoms with Gasteiger partial charge in [-0.25, -0.2) is 4.79 Å². The standard InChI is InChI=1S/C30H48N2O4/c1-4-5-6-7-8-9-10-11-12-13-14-15-16-20-26(28-29(34)27(23-33)36-30(28)35)31-22-24-18-17-19-25(21-24)32(2)3/h17-19,21,27,33-34H,4-16,20,22-23H2,1-3H3. The first-order chi connectivity index (χ1) is 17.5. The highest BCUT2D eigenvalue weighted by Crippen LogP contribution is 2.25. The van der Waals surface area contributed by atoms with Crippen molar-refractivity contribution in [2.75, 3.05) is 25.6 Å². The van der Waals surface area contributed by atoms with Gasteiger partial charge in [0.05, 0.1) is 18.9 Å². The first-order valence-electron chi connectivity index (χ1n) is 14.0. The highest BCUT2D eigenvalue weighted by atomic mass is 16.6. The van der Waals surface area contributed by atoms with Crippen molar-refractivity contribution >= 4 is 17.4 Å². The van der Waals surface area contributed by atoms with Crippen molar-refractivity contribution in [2.45, 2.75) is 109 Å². The molecule has 6 heteroatoms. The highest BCUT2D eigenvalue weighted by Gasteiger charge is 2.36. The van der Waals surface area contributed by atoms with Gasteiger partial charge in [0, 0.05) is 19.8 Å². The van der Waals surface area contributed by atoms with E-state index in [0.29, 0.717) is 18.7 Å². The number of anilines is 1. The van der Waals surface area contributed by atoms with Gasteiger partial charge in [0.1, 0.15) is 5.57 Å². The number of ether oxygens (including phenoxy) is 1. The number of benzene rings is 1. The largest absolute Gasteiger partial charge is 0.507 e. The number of carbonyl (C=O) groups excluding carboxylic acids is 1. The number of unbranched alkanes of at least 4 members (excludes halogenated alkanes) is 12. The summed E-state index contributed by atoms with van der Waals surface area (Å²) in [4.78, 5) is 19.2. The quantitative estimate of drug-likeness (QED) is 0.123. The summed E-state index contributed by atoms with van der Waals surface area (Å²) in [7, 11) is 3.99. The van der Waals surface area contributed by atoms with E-state index in [1.807, 2.05) is 37.2 Å². The van der Waals surface area contributed by atoms with Crippen LogP contribution in [0.4, 0.5) is 5.69 Å². The van der Waals surface area contributed by atoms with E-state index in [4.69, 9.17) is 9.73 Å². The van der Waals surface area contributed by atoms with Crippen LogP contribution in [0.15, 0.2) is 40.6 Å². The van der Waals surface area contributed by atoms with Crippen molar-refractivity contribution in [3.63, 3.8) is 0 Å². The van der Waals surface area contributed by atoms with Crippen LogP contribution in [0.1, 0.15) is 102 Å². The van der Waals surface area contributed by atoms with Crippen molar-refractivity contribution in [3.8, 4) is 0 Å². The summed E-state index contributed by atoms with van der Waals surface area (Å²) < 4.78 is 5.14. The summed E-state index contributed by atoms with van der Waals surface area (Å²) in [5, 5.41) is 19.9. The van der Waals surface area contributed by atoms with Crippen molar-refractivity contribution in [1.29, 1.82) is 0 Å². The molecule has 0 spiro atoms. The molecule has 1 heterocycles. The molecular formula is C30H48N2O4. The van der Waals surface area contributed by atoms with E-state index in [1.165, 1.54) is 70.6 Å². The lowest BCUT2D eigenvalue weighted by molar-refractivity contribution is -0.141. The molecule has 36 heavy (non-hydrogen) atoms. The lowest BCUT2D eigenvalue weighted by Crippen LogP contribution is -2.15. The van der Waals surface area contributed by atoms with Gasteiger partial charge in [-0.2, -0.15) is 0 Å². The molecule has 0 aliphatic carbocycles. The Kier molecular flexibility index (Phi) is 14.3. The third-order valence-electron chi connectivity index (χ3n) is 6.87. The van der Waals surface area contributed by atoms with Gasteiger partial charge in [-0.05, 0) is 30.5 Å². The summed E-state index contributed by atoms with van der Waals surface area (Å²) in [6.07, 6.45) is 16.2. The molecule has 0 bridgehead atoms. The fourth-order valence-corrected chi connectivity index (χ4v) is 4.61. The third-order valence-corrected chi connectivity index (χ3v) is 6.87. The molecule has 1 unspecified atom stereocenters. The second-order valence-corrected chi connectivity index (χ2v) is 10.2. The van der Waals surface area contributed by atoms with Crippen molar-refractivity contribution in [2.24, 2.45) is 4.99 Å². The molecule has 2 N–H and O–H groups in total. The van der Waals surface area contributed by atoms with E-state index in [9.17, 15) is 15.0 Å². The van der Waals surface area contributed by atoms with Crippen LogP contribution in [0, 0.1) is 0 Å². The maximum atomic E-state index is 12.4. The van der Waals surface area contributed by atoms with Crippen LogP contribution in [0.25, 0.3) is 0 Å². The van der Waals surface area contributed by atoms with Crippen molar-refractivity contribution < 1.29 is 19.7 Å². The Bertz CT molecular complexity index is 847. The number of esters is 1. The number of aliphatic hydroxyl groups excluding tert-OH is 2. The van der Waals surface area contributed by atoms with Crippen LogP contribution in [-0.2, 0) is 16.1 Å². The average Bonchev–Trinajstić information content (AvgIpc) is 3.16. The molecule has 0 radical (unpaired) electrons. The molecule has 0 saturated heterocycles. The van der Waals surface area contributed by atoms with Gasteiger partial charge in [-0.1, -0.05) is 96.1 Å². The Hall–Kier alpha value is -2.34. The Morgan fingerprint density at radius 2 is 1.53 bits per heavy atom. The molecule has 0 aromatic heterocycles. The molecule has 0 amide bonds. The molecular weight excluding hydrogens is 452 g/mol. The van der Waals surface area contributed by atoms with Gasteiger partial charge >= 0.3 is 5.97 Å². The minimum Gasteiger partial charge on any atom is -0.507 e. The minimum atomic E-state index is -0.985. The van der Waals surface area contributed by atoms with Gasteiger partial charge in [-0.15, -0.1) is 0 Å². The number of aliphatic hydroxyl groups is 2. The second kappa shape index (κ2) is 17.2. The summed E-state index contributed by atoms with van der Waals surface area (Å²) in [5.41, 5.74) is 2.83. The molecule has 1 atom stereocenters. The SMILES string of the molecule is CCCCCCCCCCCCCCCC(=NCc1cccc(N(C)C)c1)C1=C(O)C(CO)OC1=O. The van der Waals surface area contributed by atoms with E-state index in [2.05, 4.69) is 13.0 Å². The Balaban J connectivity index is 1.83. The molecule has 2 rings (SSSR count). The Morgan fingerprint density at radius 1 is 0.944 bits per heavy atom. The number of nitrogens with zero attached hydrogens (tertiary/aromatic N) is 2. The lowest BCUT2D eigenvalue weighted by atomic mass is 10.0. The smallest absolute Gasteiger partial charge is 0.344 e. The maximum Gasteiger partial charge on any atom is 0.344 e. The highest BCUT2D eigenvalue weighted by molar-refractivity contribution is 6.21. The van der Waals surface area contributed by atoms with Gasteiger partial charge in [0.15, 0.2) is 11.9 Å². The molecule has 0 fully saturated rings. The second-order valence-electron chi connectivity index (χ2n) is 10.2. The van der Waals surface area contributed by atoms with Crippen molar-refractivity contribution in [3.05, 3.63) is 41.2 Å². The zero-order valence-electron chi connectivity index (χ0n) is 22.8. The monoisotopic (exact) mass is 500 g/mol. The fourth-order valence-electron chi connectivity index (χ4n) is 4.61. The number of hydrogen-bond acceptors (Lipinski definition) is 6. The molecule has 0 saturated carbocycles. The number of cyclic esters (lactones) is 1. The number of carbonyl (C=O) groups is 1. The molecule has 1 aromatic rings. The van der Waals surface area contributed by atoms with Crippen LogP contribution in [0.2, 0.25) is 0 Å². The maximum absolute atomic E-state index is 12.4. The molecule has 1 aliphatic rings. The first-order valence-corrected chi connectivity index (χ1v) is 14.0. The van der Waals surface area contributed by atoms with Gasteiger partial charge < -0.3 is 19.8 Å². The molecule has 1 aromatic carbocycles. The van der Waals surface area contributed by atoms with Gasteiger partial charge in [-0.3, -0.25) is 4.99 Å². The molecule has 1 aliphatic heterocycles. The Morgan fingerprint density at radius 3 is 2.06 bits per heavy atom. The van der Waals surface area contributed by atoms with Crippen LogP contribution in [0.5, 0.6) is 0 Å². The van der Waals surface area contributed by atoms with Gasteiger partial charge in [0.25, 0.3) is 0 Å². The number of rotatable bonds is 19. The predicted octanol–water partition coefficient (Wildman–Crippen LogP) is 6.90. The lowest BCUT2D eigenvalue weighted by Gasteiger charge is -2.13. The van der Waals surface area contributed by atoms with E-state index < -0.39 is 18.7 Å². The zero-order chi connectivity index (χ0) is 26.2. The van der Waals surface area contributed by atoms with E-state index in [1.54, 1.807) is 0 Å². The van der Waals surface area contributed by atoms with Gasteiger partial charge in [0.2, 0.25) is 0 Å². The minimum absolute atomic E-state index is 0.136. The first kappa shape index (κ1) is 29.9. The van der Waals surface area contributed by atoms with Crippen LogP contribution in [-0.4, -0.2) is 48.7 Å². The normalized spacial score (nSPS) is 16.1. The summed E-state index contributed by atoms with van der Waals surface area (Å²) >= 11 is 0. The van der Waals surface area contributed by atoms with E-state index >= 15 is 0 Å². The van der Waals surface area contributed by atoms with Crippen LogP contribution in [0.3, 0.4) is 0 Å². The predicted molar refractivity (Wildman–Crippen MR) is 149 cm³/mol.